The molecule has 5 aromatic carbocycles. The molecule has 1 spiro atoms. The molecular formula is C54H59N4OPt-3. The summed E-state index contributed by atoms with van der Waals surface area (Å²) in [4.78, 5) is 4.61. The molecule has 6 aromatic rings. The first kappa shape index (κ1) is 42.1. The Morgan fingerprint density at radius 1 is 0.633 bits per heavy atom. The van der Waals surface area contributed by atoms with E-state index in [9.17, 15) is 0 Å². The number of hydrogen-bond donors (Lipinski definition) is 0. The third-order valence-corrected chi connectivity index (χ3v) is 12.7. The van der Waals surface area contributed by atoms with Crippen LogP contribution in [-0.2, 0) is 48.1 Å². The number of fused-ring (bicyclic) bond motifs is 9. The molecule has 0 unspecified atom stereocenters. The topological polar surface area (TPSA) is 33.5 Å². The van der Waals surface area contributed by atoms with Gasteiger partial charge in [0.15, 0.2) is 0 Å². The predicted octanol–water partition coefficient (Wildman–Crippen LogP) is 13.5. The van der Waals surface area contributed by atoms with Crippen molar-refractivity contribution in [3.8, 4) is 28.3 Å². The molecule has 314 valence electrons. The van der Waals surface area contributed by atoms with E-state index in [-0.39, 0.29) is 42.7 Å². The summed E-state index contributed by atoms with van der Waals surface area (Å²) in [7, 11) is 2.16. The number of benzene rings is 5. The number of rotatable bonds is 3. The zero-order valence-corrected chi connectivity index (χ0v) is 40.4. The standard InChI is InChI=1S/C54H59N4O.Pt/c1-32-24-33(2)58(55-32)36-18-16-19-37(29-36)59-38-22-23-41-46(30-38)57-31-56(15)45-21-17-20-42(49(45)57)54(41)47-39(25-34(50(3,4)5)27-43(47)52(9,10)11)40-26-35(51(6,7)8)28-44(48(40)54)53(12,13)14;/h16-28,31H,1-15H3;/q-3;. The van der Waals surface area contributed by atoms with Gasteiger partial charge in [0.25, 0.3) is 0 Å². The summed E-state index contributed by atoms with van der Waals surface area (Å²) < 4.78 is 8.64. The predicted molar refractivity (Wildman–Crippen MR) is 244 cm³/mol. The molecular weight excluding hydrogens is 916 g/mol. The molecule has 0 radical (unpaired) electrons. The van der Waals surface area contributed by atoms with E-state index in [1.807, 2.05) is 29.8 Å². The number of ether oxygens (including phenoxy) is 1. The van der Waals surface area contributed by atoms with Gasteiger partial charge in [0.2, 0.25) is 0 Å². The number of hydrogen-bond acceptors (Lipinski definition) is 4. The number of anilines is 3. The van der Waals surface area contributed by atoms with Gasteiger partial charge in [-0.25, -0.2) is 0 Å². The van der Waals surface area contributed by atoms with Crippen LogP contribution in [0, 0.1) is 32.6 Å². The second kappa shape index (κ2) is 13.7. The van der Waals surface area contributed by atoms with Crippen molar-refractivity contribution in [3.63, 3.8) is 0 Å². The second-order valence-electron chi connectivity index (χ2n) is 21.3. The SMILES string of the molecule is Cc1cc(C)n(-c2[c-]c(Oc3[c-]c4c(cc3)C3(c5cccc6c5N4[CH-]N6C)c4c(cc(C(C)(C)C)cc4C(C)(C)C)-c4cc(C(C)(C)C)cc(C(C)(C)C)c43)ccc2)n1.[Pt]. The summed E-state index contributed by atoms with van der Waals surface area (Å²) in [6.07, 6.45) is 0. The summed E-state index contributed by atoms with van der Waals surface area (Å²) in [5.74, 6) is 1.26. The molecule has 5 nitrogen and oxygen atoms in total. The Labute approximate surface area is 373 Å². The Kier molecular flexibility index (Phi) is 9.61. The van der Waals surface area contributed by atoms with Gasteiger partial charge < -0.3 is 14.5 Å². The minimum atomic E-state index is -0.643. The maximum absolute atomic E-state index is 6.72. The van der Waals surface area contributed by atoms with Gasteiger partial charge in [0.05, 0.1) is 5.69 Å². The van der Waals surface area contributed by atoms with Crippen molar-refractivity contribution in [2.45, 2.75) is 124 Å². The summed E-state index contributed by atoms with van der Waals surface area (Å²) in [6.45, 7) is 34.7. The van der Waals surface area contributed by atoms with Gasteiger partial charge in [0, 0.05) is 55.0 Å². The van der Waals surface area contributed by atoms with Crippen LogP contribution < -0.4 is 14.5 Å². The molecule has 0 fully saturated rings. The van der Waals surface area contributed by atoms with Crippen LogP contribution in [0.4, 0.5) is 17.1 Å². The van der Waals surface area contributed by atoms with Gasteiger partial charge in [-0.1, -0.05) is 125 Å². The molecule has 3 heterocycles. The fraction of sp³-hybridized carbons (Fsp3) is 0.370. The fourth-order valence-electron chi connectivity index (χ4n) is 9.84. The van der Waals surface area contributed by atoms with E-state index in [0.717, 1.165) is 22.8 Å². The van der Waals surface area contributed by atoms with Crippen LogP contribution in [-0.4, -0.2) is 16.8 Å². The first-order valence-electron chi connectivity index (χ1n) is 21.2. The molecule has 2 aliphatic heterocycles. The maximum Gasteiger partial charge on any atom is 0.0600 e. The van der Waals surface area contributed by atoms with E-state index in [2.05, 4.69) is 186 Å². The zero-order valence-electron chi connectivity index (χ0n) is 38.1. The van der Waals surface area contributed by atoms with E-state index in [0.29, 0.717) is 11.5 Å². The molecule has 1 aromatic heterocycles. The van der Waals surface area contributed by atoms with Crippen molar-refractivity contribution >= 4 is 17.1 Å². The van der Waals surface area contributed by atoms with Crippen LogP contribution in [0.15, 0.2) is 78.9 Å². The van der Waals surface area contributed by atoms with Crippen LogP contribution >= 0.6 is 0 Å². The first-order valence-corrected chi connectivity index (χ1v) is 21.2. The van der Waals surface area contributed by atoms with Crippen molar-refractivity contribution < 1.29 is 25.8 Å². The van der Waals surface area contributed by atoms with Crippen molar-refractivity contribution in [2.75, 3.05) is 16.8 Å². The Morgan fingerprint density at radius 2 is 1.20 bits per heavy atom. The third kappa shape index (κ3) is 6.31. The molecule has 9 rings (SSSR count). The van der Waals surface area contributed by atoms with Gasteiger partial charge in [-0.15, -0.1) is 35.9 Å². The Balaban J connectivity index is 0.00000499. The minimum absolute atomic E-state index is 0. The maximum atomic E-state index is 6.72. The monoisotopic (exact) mass is 974 g/mol. The Morgan fingerprint density at radius 3 is 1.73 bits per heavy atom. The molecule has 3 aliphatic rings. The van der Waals surface area contributed by atoms with Crippen LogP contribution in [0.1, 0.15) is 139 Å². The van der Waals surface area contributed by atoms with Crippen LogP contribution in [0.25, 0.3) is 16.8 Å². The Bertz CT molecular complexity index is 2630. The van der Waals surface area contributed by atoms with Crippen molar-refractivity contribution in [3.05, 3.63) is 154 Å². The van der Waals surface area contributed by atoms with Crippen LogP contribution in [0.2, 0.25) is 0 Å². The van der Waals surface area contributed by atoms with Gasteiger partial charge in [0.1, 0.15) is 0 Å². The normalized spacial score (nSPS) is 15.1. The molecule has 60 heavy (non-hydrogen) atoms. The number of nitrogens with zero attached hydrogens (tertiary/aromatic N) is 4. The van der Waals surface area contributed by atoms with E-state index in [1.165, 1.54) is 67.0 Å². The summed E-state index contributed by atoms with van der Waals surface area (Å²) >= 11 is 0. The summed E-state index contributed by atoms with van der Waals surface area (Å²) in [6, 6.07) is 37.0. The molecule has 0 N–H and O–H groups in total. The van der Waals surface area contributed by atoms with Gasteiger partial charge in [-0.3, -0.25) is 4.68 Å². The van der Waals surface area contributed by atoms with Crippen LogP contribution in [0.5, 0.6) is 11.5 Å². The van der Waals surface area contributed by atoms with Crippen molar-refractivity contribution in [1.29, 1.82) is 0 Å². The van der Waals surface area contributed by atoms with Crippen molar-refractivity contribution in [2.24, 2.45) is 0 Å². The molecule has 0 amide bonds. The third-order valence-electron chi connectivity index (χ3n) is 12.7. The van der Waals surface area contributed by atoms with E-state index in [4.69, 9.17) is 9.84 Å². The Hall–Kier alpha value is -4.60. The fourth-order valence-corrected chi connectivity index (χ4v) is 9.84. The van der Waals surface area contributed by atoms with Gasteiger partial charge in [-0.2, -0.15) is 23.9 Å². The van der Waals surface area contributed by atoms with Gasteiger partial charge in [-0.05, 0) is 110 Å². The summed E-state index contributed by atoms with van der Waals surface area (Å²) in [5.41, 5.74) is 18.7. The molecule has 0 saturated carbocycles. The zero-order chi connectivity index (χ0) is 42.4. The minimum Gasteiger partial charge on any atom is -0.509 e. The quantitative estimate of drug-likeness (QED) is 0.165. The molecule has 0 saturated heterocycles. The van der Waals surface area contributed by atoms with Crippen LogP contribution in [0.3, 0.4) is 0 Å². The smallest absolute Gasteiger partial charge is 0.0600 e. The number of aryl methyl sites for hydroxylation is 2. The molecule has 0 atom stereocenters. The van der Waals surface area contributed by atoms with E-state index >= 15 is 0 Å². The number of aromatic nitrogens is 2. The number of para-hydroxylation sites is 1. The molecule has 0 bridgehead atoms. The van der Waals surface area contributed by atoms with Gasteiger partial charge >= 0.3 is 0 Å². The summed E-state index contributed by atoms with van der Waals surface area (Å²) in [5, 5.41) is 4.71. The second-order valence-corrected chi connectivity index (χ2v) is 21.3. The first-order chi connectivity index (χ1) is 27.5. The van der Waals surface area contributed by atoms with E-state index in [1.54, 1.807) is 0 Å². The average molecular weight is 975 g/mol. The average Bonchev–Trinajstić information content (AvgIpc) is 3.77. The van der Waals surface area contributed by atoms with E-state index < -0.39 is 5.41 Å². The largest absolute Gasteiger partial charge is 0.509 e. The molecule has 6 heteroatoms. The van der Waals surface area contributed by atoms with Crippen molar-refractivity contribution in [1.82, 2.24) is 9.78 Å². The molecule has 1 aliphatic carbocycles.